The van der Waals surface area contributed by atoms with Crippen molar-refractivity contribution in [2.45, 2.75) is 12.8 Å². The number of nitrogens with zero attached hydrogens (tertiary/aromatic N) is 2. The highest BCUT2D eigenvalue weighted by Crippen LogP contribution is 2.26. The van der Waals surface area contributed by atoms with Crippen LogP contribution in [0, 0.1) is 17.2 Å². The number of hydrogen-bond donors (Lipinski definition) is 2. The van der Waals surface area contributed by atoms with Crippen LogP contribution in [0.25, 0.3) is 0 Å². The molecule has 1 aromatic carbocycles. The van der Waals surface area contributed by atoms with Crippen LogP contribution in [0.5, 0.6) is 0 Å². The van der Waals surface area contributed by atoms with Gasteiger partial charge >= 0.3 is 0 Å². The second kappa shape index (κ2) is 5.07. The van der Waals surface area contributed by atoms with Gasteiger partial charge < -0.3 is 15.7 Å². The normalized spacial score (nSPS) is 19.3. The molecule has 1 fully saturated rings. The molecule has 1 unspecified atom stereocenters. The predicted molar refractivity (Wildman–Crippen MR) is 67.6 cm³/mol. The molecule has 90 valence electrons. The van der Waals surface area contributed by atoms with Gasteiger partial charge in [0, 0.05) is 37.0 Å². The first-order valence-electron chi connectivity index (χ1n) is 5.85. The lowest BCUT2D eigenvalue weighted by atomic mass is 10.1. The molecule has 0 spiro atoms. The topological polar surface area (TPSA) is 73.3 Å². The SMILES string of the molecule is N#CCc1cc(N2CCC(CO)C2)ccc1N. The average molecular weight is 231 g/mol. The summed E-state index contributed by atoms with van der Waals surface area (Å²) in [5, 5.41) is 17.9. The average Bonchev–Trinajstić information content (AvgIpc) is 2.81. The minimum Gasteiger partial charge on any atom is -0.398 e. The van der Waals surface area contributed by atoms with E-state index in [0.29, 0.717) is 18.0 Å². The van der Waals surface area contributed by atoms with Gasteiger partial charge in [0.2, 0.25) is 0 Å². The van der Waals surface area contributed by atoms with Gasteiger partial charge in [-0.3, -0.25) is 0 Å². The summed E-state index contributed by atoms with van der Waals surface area (Å²) in [6.45, 7) is 2.09. The zero-order valence-corrected chi connectivity index (χ0v) is 9.76. The largest absolute Gasteiger partial charge is 0.398 e. The van der Waals surface area contributed by atoms with Gasteiger partial charge in [-0.25, -0.2) is 0 Å². The first kappa shape index (κ1) is 11.7. The van der Waals surface area contributed by atoms with Crippen molar-refractivity contribution in [1.29, 1.82) is 5.26 Å². The molecular weight excluding hydrogens is 214 g/mol. The number of aliphatic hydroxyl groups excluding tert-OH is 1. The van der Waals surface area contributed by atoms with Crippen LogP contribution in [-0.2, 0) is 6.42 Å². The fraction of sp³-hybridized carbons (Fsp3) is 0.462. The molecule has 0 aromatic heterocycles. The van der Waals surface area contributed by atoms with E-state index >= 15 is 0 Å². The highest BCUT2D eigenvalue weighted by Gasteiger charge is 2.22. The van der Waals surface area contributed by atoms with E-state index in [0.717, 1.165) is 30.8 Å². The lowest BCUT2D eigenvalue weighted by molar-refractivity contribution is 0.238. The molecule has 1 aliphatic rings. The van der Waals surface area contributed by atoms with Crippen molar-refractivity contribution >= 4 is 11.4 Å². The maximum absolute atomic E-state index is 9.12. The summed E-state index contributed by atoms with van der Waals surface area (Å²) < 4.78 is 0. The molecule has 1 aliphatic heterocycles. The van der Waals surface area contributed by atoms with E-state index in [-0.39, 0.29) is 6.61 Å². The number of nitrogens with two attached hydrogens (primary N) is 1. The van der Waals surface area contributed by atoms with Crippen LogP contribution >= 0.6 is 0 Å². The highest BCUT2D eigenvalue weighted by atomic mass is 16.3. The molecule has 3 N–H and O–H groups in total. The van der Waals surface area contributed by atoms with Crippen molar-refractivity contribution in [1.82, 2.24) is 0 Å². The van der Waals surface area contributed by atoms with E-state index in [4.69, 9.17) is 16.1 Å². The molecule has 2 rings (SSSR count). The van der Waals surface area contributed by atoms with Crippen molar-refractivity contribution in [2.24, 2.45) is 5.92 Å². The third-order valence-electron chi connectivity index (χ3n) is 3.31. The molecule has 0 amide bonds. The van der Waals surface area contributed by atoms with E-state index in [1.165, 1.54) is 0 Å². The molecule has 1 aromatic rings. The van der Waals surface area contributed by atoms with E-state index in [9.17, 15) is 0 Å². The van der Waals surface area contributed by atoms with Gasteiger partial charge in [-0.05, 0) is 30.2 Å². The van der Waals surface area contributed by atoms with E-state index in [2.05, 4.69) is 11.0 Å². The number of nitrogen functional groups attached to an aromatic ring is 1. The molecule has 17 heavy (non-hydrogen) atoms. The number of benzene rings is 1. The van der Waals surface area contributed by atoms with Crippen molar-refractivity contribution in [3.8, 4) is 6.07 Å². The van der Waals surface area contributed by atoms with E-state index in [1.807, 2.05) is 18.2 Å². The van der Waals surface area contributed by atoms with Crippen LogP contribution in [0.1, 0.15) is 12.0 Å². The van der Waals surface area contributed by atoms with Gasteiger partial charge in [0.15, 0.2) is 0 Å². The quantitative estimate of drug-likeness (QED) is 0.765. The van der Waals surface area contributed by atoms with Gasteiger partial charge in [-0.2, -0.15) is 5.26 Å². The highest BCUT2D eigenvalue weighted by molar-refractivity contribution is 5.59. The lowest BCUT2D eigenvalue weighted by Crippen LogP contribution is -2.20. The Bertz CT molecular complexity index is 439. The standard InChI is InChI=1S/C13H17N3O/c14-5-3-11-7-12(1-2-13(11)15)16-6-4-10(8-16)9-17/h1-2,7,10,17H,3-4,6,8-9,15H2. The van der Waals surface area contributed by atoms with Crippen LogP contribution in [0.4, 0.5) is 11.4 Å². The Labute approximate surface area is 101 Å². The maximum atomic E-state index is 9.12. The van der Waals surface area contributed by atoms with Gasteiger partial charge in [0.25, 0.3) is 0 Å². The fourth-order valence-corrected chi connectivity index (χ4v) is 2.24. The van der Waals surface area contributed by atoms with Crippen molar-refractivity contribution in [3.63, 3.8) is 0 Å². The molecule has 4 heteroatoms. The first-order valence-corrected chi connectivity index (χ1v) is 5.85. The predicted octanol–water partition coefficient (Wildman–Crippen LogP) is 1.15. The van der Waals surface area contributed by atoms with Crippen LogP contribution < -0.4 is 10.6 Å². The summed E-state index contributed by atoms with van der Waals surface area (Å²) in [6.07, 6.45) is 1.37. The fourth-order valence-electron chi connectivity index (χ4n) is 2.24. The maximum Gasteiger partial charge on any atom is 0.0670 e. The van der Waals surface area contributed by atoms with Crippen molar-refractivity contribution in [3.05, 3.63) is 23.8 Å². The summed E-state index contributed by atoms with van der Waals surface area (Å²) in [5.41, 5.74) is 8.48. The Balaban J connectivity index is 2.17. The Kier molecular flexibility index (Phi) is 3.50. The number of aliphatic hydroxyl groups is 1. The van der Waals surface area contributed by atoms with E-state index in [1.54, 1.807) is 0 Å². The lowest BCUT2D eigenvalue weighted by Gasteiger charge is -2.19. The molecule has 4 nitrogen and oxygen atoms in total. The zero-order valence-electron chi connectivity index (χ0n) is 9.76. The first-order chi connectivity index (χ1) is 8.24. The zero-order chi connectivity index (χ0) is 12.3. The van der Waals surface area contributed by atoms with Crippen molar-refractivity contribution < 1.29 is 5.11 Å². The summed E-state index contributed by atoms with van der Waals surface area (Å²) in [5.74, 6) is 0.368. The molecule has 0 saturated carbocycles. The molecule has 1 heterocycles. The molecule has 0 radical (unpaired) electrons. The van der Waals surface area contributed by atoms with Crippen LogP contribution in [0.3, 0.4) is 0 Å². The van der Waals surface area contributed by atoms with Gasteiger partial charge in [-0.1, -0.05) is 0 Å². The Morgan fingerprint density at radius 2 is 2.35 bits per heavy atom. The summed E-state index contributed by atoms with van der Waals surface area (Å²) >= 11 is 0. The molecule has 1 saturated heterocycles. The Hall–Kier alpha value is -1.73. The number of nitriles is 1. The number of hydrogen-bond acceptors (Lipinski definition) is 4. The molecule has 0 aliphatic carbocycles. The minimum atomic E-state index is 0.247. The molecule has 1 atom stereocenters. The summed E-state index contributed by atoms with van der Waals surface area (Å²) in [7, 11) is 0. The van der Waals surface area contributed by atoms with Gasteiger partial charge in [0.05, 0.1) is 12.5 Å². The molecular formula is C13H17N3O. The summed E-state index contributed by atoms with van der Waals surface area (Å²) in [6, 6.07) is 7.95. The van der Waals surface area contributed by atoms with Crippen LogP contribution in [-0.4, -0.2) is 24.8 Å². The minimum absolute atomic E-state index is 0.247. The second-order valence-electron chi connectivity index (χ2n) is 4.50. The van der Waals surface area contributed by atoms with E-state index < -0.39 is 0 Å². The van der Waals surface area contributed by atoms with Gasteiger partial charge in [-0.15, -0.1) is 0 Å². The Morgan fingerprint density at radius 3 is 3.00 bits per heavy atom. The third-order valence-corrected chi connectivity index (χ3v) is 3.31. The monoisotopic (exact) mass is 231 g/mol. The van der Waals surface area contributed by atoms with Crippen molar-refractivity contribution in [2.75, 3.05) is 30.3 Å². The van der Waals surface area contributed by atoms with Crippen LogP contribution in [0.15, 0.2) is 18.2 Å². The molecule has 0 bridgehead atoms. The smallest absolute Gasteiger partial charge is 0.0670 e. The second-order valence-corrected chi connectivity index (χ2v) is 4.50. The number of rotatable bonds is 3. The van der Waals surface area contributed by atoms with Crippen LogP contribution in [0.2, 0.25) is 0 Å². The Morgan fingerprint density at radius 1 is 1.53 bits per heavy atom. The summed E-state index contributed by atoms with van der Waals surface area (Å²) in [4.78, 5) is 2.24. The number of anilines is 2. The third kappa shape index (κ3) is 2.51. The van der Waals surface area contributed by atoms with Gasteiger partial charge in [0.1, 0.15) is 0 Å².